The van der Waals surface area contributed by atoms with Crippen molar-refractivity contribution in [1.82, 2.24) is 9.97 Å². The highest BCUT2D eigenvalue weighted by Gasteiger charge is 2.53. The van der Waals surface area contributed by atoms with Gasteiger partial charge < -0.3 is 5.73 Å². The van der Waals surface area contributed by atoms with Crippen LogP contribution in [-0.4, -0.2) is 40.5 Å². The van der Waals surface area contributed by atoms with Gasteiger partial charge in [0.05, 0.1) is 17.6 Å². The van der Waals surface area contributed by atoms with Gasteiger partial charge >= 0.3 is 0 Å². The summed E-state index contributed by atoms with van der Waals surface area (Å²) in [6.45, 7) is 4.96. The van der Waals surface area contributed by atoms with Crippen LogP contribution in [0.2, 0.25) is 0 Å². The molecule has 32 heavy (non-hydrogen) atoms. The third-order valence-corrected chi connectivity index (χ3v) is 9.17. The van der Waals surface area contributed by atoms with E-state index in [1.165, 1.54) is 30.6 Å². The highest BCUT2D eigenvalue weighted by molar-refractivity contribution is 7.93. The number of nitrogens with two attached hydrogens (primary N) is 1. The number of ketones is 1. The number of carbonyl (C=O) groups excluding carboxylic acids is 1. The number of hydrogen-bond acceptors (Lipinski definition) is 7. The maximum absolute atomic E-state index is 14.9. The molecule has 1 aliphatic heterocycles. The molecule has 0 radical (unpaired) electrons. The average molecular weight is 459 g/mol. The van der Waals surface area contributed by atoms with E-state index in [1.807, 2.05) is 0 Å². The van der Waals surface area contributed by atoms with Crippen molar-refractivity contribution in [2.24, 2.45) is 16.6 Å². The van der Waals surface area contributed by atoms with Crippen LogP contribution in [0.1, 0.15) is 60.4 Å². The summed E-state index contributed by atoms with van der Waals surface area (Å²) in [5, 5.41) is 0. The highest BCUT2D eigenvalue weighted by Crippen LogP contribution is 2.45. The molecule has 1 aliphatic carbocycles. The Hall–Kier alpha value is -2.68. The third kappa shape index (κ3) is 4.05. The summed E-state index contributed by atoms with van der Waals surface area (Å²) >= 11 is 0. The molecule has 9 heteroatoms. The van der Waals surface area contributed by atoms with Crippen LogP contribution in [0.15, 0.2) is 35.6 Å². The molecule has 2 N–H and O–H groups in total. The Kier molecular flexibility index (Phi) is 5.43. The molecule has 2 aromatic rings. The molecule has 2 aliphatic rings. The third-order valence-electron chi connectivity index (χ3n) is 6.48. The number of hydrogen-bond donors (Lipinski definition) is 1. The van der Waals surface area contributed by atoms with Gasteiger partial charge in [0.2, 0.25) is 0 Å². The molecular weight excluding hydrogens is 431 g/mol. The maximum Gasteiger partial charge on any atom is 0.187 e. The zero-order valence-electron chi connectivity index (χ0n) is 18.4. The van der Waals surface area contributed by atoms with Gasteiger partial charge in [0, 0.05) is 18.2 Å². The van der Waals surface area contributed by atoms with Crippen LogP contribution < -0.4 is 5.73 Å². The van der Waals surface area contributed by atoms with E-state index in [2.05, 4.69) is 15.0 Å². The largest absolute Gasteiger partial charge is 0.386 e. The summed E-state index contributed by atoms with van der Waals surface area (Å²) in [5.41, 5.74) is 6.39. The lowest BCUT2D eigenvalue weighted by atomic mass is 9.90. The number of aromatic nitrogens is 2. The lowest BCUT2D eigenvalue weighted by Crippen LogP contribution is -2.57. The number of carbonyl (C=O) groups is 1. The van der Waals surface area contributed by atoms with Crippen molar-refractivity contribution in [2.75, 3.05) is 5.75 Å². The number of rotatable bonds is 6. The van der Waals surface area contributed by atoms with Crippen LogP contribution in [0, 0.1) is 18.7 Å². The molecule has 1 aromatic heterocycles. The summed E-state index contributed by atoms with van der Waals surface area (Å²) < 4.78 is 40.2. The Morgan fingerprint density at radius 2 is 1.94 bits per heavy atom. The fourth-order valence-corrected chi connectivity index (χ4v) is 6.39. The van der Waals surface area contributed by atoms with Crippen molar-refractivity contribution in [2.45, 2.75) is 56.7 Å². The van der Waals surface area contributed by atoms with Gasteiger partial charge in [0.25, 0.3) is 0 Å². The standard InChI is InChI=1S/C23H27FN4O3S/c1-14-11-27-19(12-26-14)20(29)9-16-6-7-18(24)17(8-16)22(2)13-32(30,31)23(3,21(25)28-22)10-15-4-5-15/h6-8,11-12,15H,4-5,9-10,13H2,1-3H3,(H2,25,28)/t22-,23+/m0/s1. The number of benzene rings is 1. The Balaban J connectivity index is 1.67. The fourth-order valence-electron chi connectivity index (χ4n) is 4.25. The summed E-state index contributed by atoms with van der Waals surface area (Å²) in [4.78, 5) is 25.3. The molecule has 4 rings (SSSR count). The zero-order chi connectivity index (χ0) is 23.3. The van der Waals surface area contributed by atoms with Crippen LogP contribution in [0.5, 0.6) is 0 Å². The van der Waals surface area contributed by atoms with E-state index in [4.69, 9.17) is 5.73 Å². The van der Waals surface area contributed by atoms with Crippen LogP contribution in [0.4, 0.5) is 4.39 Å². The number of nitrogens with zero attached hydrogens (tertiary/aromatic N) is 3. The quantitative estimate of drug-likeness (QED) is 0.666. The number of halogens is 1. The molecule has 2 heterocycles. The van der Waals surface area contributed by atoms with Crippen molar-refractivity contribution in [1.29, 1.82) is 0 Å². The minimum absolute atomic E-state index is 0.0214. The van der Waals surface area contributed by atoms with Crippen molar-refractivity contribution in [3.8, 4) is 0 Å². The topological polar surface area (TPSA) is 115 Å². The van der Waals surface area contributed by atoms with Gasteiger partial charge in [-0.1, -0.05) is 18.9 Å². The van der Waals surface area contributed by atoms with Crippen molar-refractivity contribution < 1.29 is 17.6 Å². The van der Waals surface area contributed by atoms with Crippen molar-refractivity contribution in [3.05, 3.63) is 58.9 Å². The summed E-state index contributed by atoms with van der Waals surface area (Å²) in [7, 11) is -3.69. The van der Waals surface area contributed by atoms with E-state index < -0.39 is 25.9 Å². The first-order chi connectivity index (χ1) is 14.9. The number of Topliss-reactive ketones (excluding diaryl/α,β-unsaturated/α-hetero) is 1. The Labute approximate surface area is 187 Å². The molecule has 0 unspecified atom stereocenters. The lowest BCUT2D eigenvalue weighted by Gasteiger charge is -2.40. The Bertz CT molecular complexity index is 1210. The van der Waals surface area contributed by atoms with Crippen LogP contribution in [0.25, 0.3) is 0 Å². The Morgan fingerprint density at radius 3 is 2.53 bits per heavy atom. The van der Waals surface area contributed by atoms with Crippen LogP contribution in [0.3, 0.4) is 0 Å². The molecule has 0 bridgehead atoms. The first-order valence-electron chi connectivity index (χ1n) is 10.6. The number of amidine groups is 1. The lowest BCUT2D eigenvalue weighted by molar-refractivity contribution is 0.0987. The first kappa shape index (κ1) is 22.5. The number of aliphatic imine (C=N–C) groups is 1. The summed E-state index contributed by atoms with van der Waals surface area (Å²) in [6, 6.07) is 4.24. The minimum atomic E-state index is -3.69. The normalized spacial score (nSPS) is 27.1. The molecule has 1 saturated carbocycles. The van der Waals surface area contributed by atoms with Gasteiger partial charge in [-0.25, -0.2) is 17.8 Å². The monoisotopic (exact) mass is 458 g/mol. The first-order valence-corrected chi connectivity index (χ1v) is 12.3. The summed E-state index contributed by atoms with van der Waals surface area (Å²) in [6.07, 6.45) is 5.31. The Morgan fingerprint density at radius 1 is 1.22 bits per heavy atom. The average Bonchev–Trinajstić information content (AvgIpc) is 3.52. The van der Waals surface area contributed by atoms with E-state index in [0.717, 1.165) is 12.8 Å². The molecule has 0 saturated heterocycles. The smallest absolute Gasteiger partial charge is 0.187 e. The van der Waals surface area contributed by atoms with Gasteiger partial charge in [0.1, 0.15) is 27.6 Å². The predicted octanol–water partition coefficient (Wildman–Crippen LogP) is 2.91. The second kappa shape index (κ2) is 7.72. The maximum atomic E-state index is 14.9. The predicted molar refractivity (Wildman–Crippen MR) is 120 cm³/mol. The second-order valence-electron chi connectivity index (χ2n) is 9.37. The highest BCUT2D eigenvalue weighted by atomic mass is 32.2. The molecule has 1 aromatic carbocycles. The van der Waals surface area contributed by atoms with E-state index >= 15 is 0 Å². The van der Waals surface area contributed by atoms with Crippen LogP contribution in [-0.2, 0) is 21.8 Å². The molecular formula is C23H27FN4O3S. The van der Waals surface area contributed by atoms with E-state index in [-0.39, 0.29) is 35.0 Å². The van der Waals surface area contributed by atoms with Crippen LogP contribution >= 0.6 is 0 Å². The van der Waals surface area contributed by atoms with Crippen molar-refractivity contribution >= 4 is 21.5 Å². The van der Waals surface area contributed by atoms with Gasteiger partial charge in [-0.3, -0.25) is 14.8 Å². The van der Waals surface area contributed by atoms with Gasteiger partial charge in [-0.2, -0.15) is 0 Å². The molecule has 170 valence electrons. The second-order valence-corrected chi connectivity index (χ2v) is 11.8. The molecule has 0 spiro atoms. The van der Waals surface area contributed by atoms with E-state index in [9.17, 15) is 17.6 Å². The summed E-state index contributed by atoms with van der Waals surface area (Å²) in [5.74, 6) is -0.840. The van der Waals surface area contributed by atoms with E-state index in [0.29, 0.717) is 23.6 Å². The van der Waals surface area contributed by atoms with Gasteiger partial charge in [-0.15, -0.1) is 0 Å². The molecule has 7 nitrogen and oxygen atoms in total. The van der Waals surface area contributed by atoms with Gasteiger partial charge in [-0.05, 0) is 50.8 Å². The molecule has 0 amide bonds. The molecule has 1 fully saturated rings. The number of sulfone groups is 1. The molecule has 2 atom stereocenters. The SMILES string of the molecule is Cc1cnc(C(=O)Cc2ccc(F)c([C@]3(C)CS(=O)(=O)[C@](C)(CC4CC4)C(N)=N3)c2)cn1. The van der Waals surface area contributed by atoms with Gasteiger partial charge in [0.15, 0.2) is 15.6 Å². The number of aryl methyl sites for hydroxylation is 1. The minimum Gasteiger partial charge on any atom is -0.386 e. The van der Waals surface area contributed by atoms with E-state index in [1.54, 1.807) is 20.8 Å². The zero-order valence-corrected chi connectivity index (χ0v) is 19.2. The fraction of sp³-hybridized carbons (Fsp3) is 0.478. The van der Waals surface area contributed by atoms with Crippen molar-refractivity contribution in [3.63, 3.8) is 0 Å².